The average Bonchev–Trinajstić information content (AvgIpc) is 2.81. The van der Waals surface area contributed by atoms with Crippen LogP contribution in [0.1, 0.15) is 34.4 Å². The van der Waals surface area contributed by atoms with Gasteiger partial charge in [0, 0.05) is 18.7 Å². The Balaban J connectivity index is 2.24. The molecule has 5 heteroatoms. The van der Waals surface area contributed by atoms with E-state index < -0.39 is 11.9 Å². The number of hydrogen-bond donors (Lipinski definition) is 1. The molecule has 104 valence electrons. The van der Waals surface area contributed by atoms with Crippen LogP contribution in [0.15, 0.2) is 4.42 Å². The van der Waals surface area contributed by atoms with Gasteiger partial charge in [0.25, 0.3) is 5.91 Å². The van der Waals surface area contributed by atoms with Crippen LogP contribution in [-0.2, 0) is 4.79 Å². The molecule has 1 saturated heterocycles. The van der Waals surface area contributed by atoms with Gasteiger partial charge in [-0.1, -0.05) is 6.92 Å². The van der Waals surface area contributed by atoms with Crippen molar-refractivity contribution in [2.45, 2.75) is 27.7 Å². The number of hydrogen-bond acceptors (Lipinski definition) is 3. The lowest BCUT2D eigenvalue weighted by Gasteiger charge is -2.16. The van der Waals surface area contributed by atoms with Crippen molar-refractivity contribution in [2.24, 2.45) is 11.8 Å². The summed E-state index contributed by atoms with van der Waals surface area (Å²) < 4.78 is 5.46. The number of aryl methyl sites for hydroxylation is 2. The van der Waals surface area contributed by atoms with Gasteiger partial charge in [0.05, 0.1) is 11.5 Å². The van der Waals surface area contributed by atoms with Crippen molar-refractivity contribution < 1.29 is 19.1 Å². The summed E-state index contributed by atoms with van der Waals surface area (Å²) in [6.45, 7) is 8.07. The Morgan fingerprint density at radius 2 is 1.84 bits per heavy atom. The Kier molecular flexibility index (Phi) is 3.39. The van der Waals surface area contributed by atoms with Crippen LogP contribution >= 0.6 is 0 Å². The molecule has 0 aromatic carbocycles. The number of carboxylic acids is 1. The molecule has 1 fully saturated rings. The van der Waals surface area contributed by atoms with Gasteiger partial charge in [-0.25, -0.2) is 0 Å². The van der Waals surface area contributed by atoms with Gasteiger partial charge in [0.15, 0.2) is 0 Å². The summed E-state index contributed by atoms with van der Waals surface area (Å²) in [5.74, 6) is -0.107. The second-order valence-corrected chi connectivity index (χ2v) is 5.35. The predicted molar refractivity (Wildman–Crippen MR) is 69.1 cm³/mol. The Morgan fingerprint density at radius 3 is 2.26 bits per heavy atom. The predicted octanol–water partition coefficient (Wildman–Crippen LogP) is 2.00. The first-order valence-electron chi connectivity index (χ1n) is 6.41. The van der Waals surface area contributed by atoms with E-state index in [2.05, 4.69) is 0 Å². The van der Waals surface area contributed by atoms with Gasteiger partial charge < -0.3 is 14.4 Å². The molecule has 1 amide bonds. The molecule has 1 aromatic heterocycles. The minimum Gasteiger partial charge on any atom is -0.481 e. The number of carbonyl (C=O) groups is 2. The van der Waals surface area contributed by atoms with Crippen LogP contribution in [-0.4, -0.2) is 35.0 Å². The van der Waals surface area contributed by atoms with Crippen LogP contribution in [0, 0.1) is 32.6 Å². The monoisotopic (exact) mass is 265 g/mol. The van der Waals surface area contributed by atoms with Gasteiger partial charge >= 0.3 is 5.97 Å². The number of amides is 1. The van der Waals surface area contributed by atoms with Crippen LogP contribution < -0.4 is 0 Å². The molecule has 1 N–H and O–H groups in total. The summed E-state index contributed by atoms with van der Waals surface area (Å²) in [5.41, 5.74) is 1.42. The summed E-state index contributed by atoms with van der Waals surface area (Å²) in [6.07, 6.45) is 0. The molecule has 2 heterocycles. The van der Waals surface area contributed by atoms with Gasteiger partial charge in [-0.3, -0.25) is 9.59 Å². The largest absolute Gasteiger partial charge is 0.481 e. The minimum absolute atomic E-state index is 0.0185. The first kappa shape index (κ1) is 13.6. The van der Waals surface area contributed by atoms with E-state index in [0.717, 1.165) is 11.3 Å². The Bertz CT molecular complexity index is 532. The van der Waals surface area contributed by atoms with Crippen molar-refractivity contribution in [3.8, 4) is 0 Å². The van der Waals surface area contributed by atoms with E-state index in [0.29, 0.717) is 17.9 Å². The lowest BCUT2D eigenvalue weighted by molar-refractivity contribution is -0.142. The number of nitrogens with zero attached hydrogens (tertiary/aromatic N) is 1. The maximum atomic E-state index is 12.5. The van der Waals surface area contributed by atoms with Gasteiger partial charge in [-0.05, 0) is 26.7 Å². The van der Waals surface area contributed by atoms with Crippen molar-refractivity contribution in [3.05, 3.63) is 22.6 Å². The third kappa shape index (κ3) is 2.25. The lowest BCUT2D eigenvalue weighted by atomic mass is 9.99. The van der Waals surface area contributed by atoms with Crippen molar-refractivity contribution in [2.75, 3.05) is 13.1 Å². The third-order valence-electron chi connectivity index (χ3n) is 3.99. The Morgan fingerprint density at radius 1 is 1.21 bits per heavy atom. The maximum Gasteiger partial charge on any atom is 0.308 e. The van der Waals surface area contributed by atoms with Crippen LogP contribution in [0.3, 0.4) is 0 Å². The lowest BCUT2D eigenvalue weighted by Crippen LogP contribution is -2.30. The van der Waals surface area contributed by atoms with Gasteiger partial charge in [0.1, 0.15) is 11.5 Å². The highest BCUT2D eigenvalue weighted by molar-refractivity contribution is 5.97. The van der Waals surface area contributed by atoms with Crippen molar-refractivity contribution in [1.82, 2.24) is 4.90 Å². The number of carboxylic acid groups (broad SMARTS) is 1. The highest BCUT2D eigenvalue weighted by Gasteiger charge is 2.38. The van der Waals surface area contributed by atoms with Crippen molar-refractivity contribution in [1.29, 1.82) is 0 Å². The molecule has 0 radical (unpaired) electrons. The van der Waals surface area contributed by atoms with Gasteiger partial charge in [-0.15, -0.1) is 0 Å². The van der Waals surface area contributed by atoms with Crippen LogP contribution in [0.25, 0.3) is 0 Å². The molecule has 0 saturated carbocycles. The fourth-order valence-corrected chi connectivity index (χ4v) is 2.72. The molecule has 19 heavy (non-hydrogen) atoms. The zero-order valence-corrected chi connectivity index (χ0v) is 11.7. The van der Waals surface area contributed by atoms with Gasteiger partial charge in [0.2, 0.25) is 0 Å². The van der Waals surface area contributed by atoms with Crippen LogP contribution in [0.4, 0.5) is 0 Å². The topological polar surface area (TPSA) is 70.8 Å². The summed E-state index contributed by atoms with van der Waals surface area (Å²) in [6, 6.07) is 0. The zero-order valence-electron chi connectivity index (χ0n) is 11.7. The summed E-state index contributed by atoms with van der Waals surface area (Å²) in [7, 11) is 0. The normalized spacial score (nSPS) is 22.8. The Labute approximate surface area is 112 Å². The molecule has 2 atom stereocenters. The summed E-state index contributed by atoms with van der Waals surface area (Å²) in [5, 5.41) is 9.11. The number of furan rings is 1. The van der Waals surface area contributed by atoms with E-state index in [1.807, 2.05) is 20.8 Å². The number of likely N-dealkylation sites (tertiary alicyclic amines) is 1. The minimum atomic E-state index is -0.834. The van der Waals surface area contributed by atoms with E-state index in [4.69, 9.17) is 9.52 Å². The van der Waals surface area contributed by atoms with E-state index >= 15 is 0 Å². The number of carbonyl (C=O) groups excluding carboxylic acids is 1. The van der Waals surface area contributed by atoms with E-state index in [-0.39, 0.29) is 18.4 Å². The Hall–Kier alpha value is -1.78. The molecule has 1 aromatic rings. The quantitative estimate of drug-likeness (QED) is 0.887. The number of rotatable bonds is 2. The fourth-order valence-electron chi connectivity index (χ4n) is 2.72. The fraction of sp³-hybridized carbons (Fsp3) is 0.571. The smallest absolute Gasteiger partial charge is 0.308 e. The first-order chi connectivity index (χ1) is 8.82. The highest BCUT2D eigenvalue weighted by Crippen LogP contribution is 2.28. The van der Waals surface area contributed by atoms with Gasteiger partial charge in [-0.2, -0.15) is 0 Å². The molecule has 2 rings (SSSR count). The molecular weight excluding hydrogens is 246 g/mol. The molecule has 1 aliphatic rings. The molecule has 0 aliphatic carbocycles. The first-order valence-corrected chi connectivity index (χ1v) is 6.41. The van der Waals surface area contributed by atoms with E-state index in [1.165, 1.54) is 0 Å². The molecule has 5 nitrogen and oxygen atoms in total. The van der Waals surface area contributed by atoms with Crippen molar-refractivity contribution in [3.63, 3.8) is 0 Å². The maximum absolute atomic E-state index is 12.5. The second-order valence-electron chi connectivity index (χ2n) is 5.35. The summed E-state index contributed by atoms with van der Waals surface area (Å²) in [4.78, 5) is 25.2. The van der Waals surface area contributed by atoms with E-state index in [9.17, 15) is 9.59 Å². The van der Waals surface area contributed by atoms with Crippen LogP contribution in [0.5, 0.6) is 0 Å². The molecule has 1 aliphatic heterocycles. The average molecular weight is 265 g/mol. The van der Waals surface area contributed by atoms with E-state index in [1.54, 1.807) is 11.8 Å². The highest BCUT2D eigenvalue weighted by atomic mass is 16.4. The standard InChI is InChI=1S/C14H19NO4/c1-7-5-15(6-11(7)14(17)18)13(16)12-8(2)9(3)19-10(12)4/h7,11H,5-6H2,1-4H3,(H,17,18). The zero-order chi connectivity index (χ0) is 14.3. The summed E-state index contributed by atoms with van der Waals surface area (Å²) >= 11 is 0. The van der Waals surface area contributed by atoms with Crippen molar-refractivity contribution >= 4 is 11.9 Å². The molecular formula is C14H19NO4. The molecule has 2 unspecified atom stereocenters. The second kappa shape index (κ2) is 4.72. The third-order valence-corrected chi connectivity index (χ3v) is 3.99. The molecule has 0 bridgehead atoms. The van der Waals surface area contributed by atoms with Crippen LogP contribution in [0.2, 0.25) is 0 Å². The molecule has 0 spiro atoms. The SMILES string of the molecule is Cc1oc(C)c(C(=O)N2CC(C)C(C(=O)O)C2)c1C. The number of aliphatic carboxylic acids is 1.